The fourth-order valence-corrected chi connectivity index (χ4v) is 3.02. The maximum absolute atomic E-state index is 12.1. The zero-order valence-electron chi connectivity index (χ0n) is 12.0. The van der Waals surface area contributed by atoms with Gasteiger partial charge in [0.1, 0.15) is 5.76 Å². The van der Waals surface area contributed by atoms with Crippen molar-refractivity contribution in [1.29, 1.82) is 0 Å². The van der Waals surface area contributed by atoms with Crippen molar-refractivity contribution in [2.24, 2.45) is 0 Å². The lowest BCUT2D eigenvalue weighted by molar-refractivity contribution is 0.0724. The van der Waals surface area contributed by atoms with E-state index in [1.54, 1.807) is 0 Å². The van der Waals surface area contributed by atoms with Crippen LogP contribution in [0.25, 0.3) is 0 Å². The average Bonchev–Trinajstić information content (AvgIpc) is 2.79. The normalized spacial score (nSPS) is 17.8. The summed E-state index contributed by atoms with van der Waals surface area (Å²) in [7, 11) is -3.49. The molecule has 8 heteroatoms. The van der Waals surface area contributed by atoms with Crippen LogP contribution in [0, 0.1) is 6.92 Å². The Balaban J connectivity index is 2.00. The number of oxazole rings is 1. The molecule has 2 rings (SSSR count). The van der Waals surface area contributed by atoms with E-state index in [1.807, 2.05) is 20.8 Å². The van der Waals surface area contributed by atoms with E-state index in [-0.39, 0.29) is 12.5 Å². The molecule has 1 aromatic heterocycles. The number of morpholine rings is 1. The van der Waals surface area contributed by atoms with Crippen molar-refractivity contribution in [3.8, 4) is 0 Å². The Morgan fingerprint density at radius 3 is 2.55 bits per heavy atom. The van der Waals surface area contributed by atoms with Crippen LogP contribution in [0.15, 0.2) is 4.42 Å². The summed E-state index contributed by atoms with van der Waals surface area (Å²) < 4.78 is 38.9. The highest BCUT2D eigenvalue weighted by Crippen LogP contribution is 2.18. The summed E-state index contributed by atoms with van der Waals surface area (Å²) in [6.07, 6.45) is 0. The third-order valence-corrected chi connectivity index (χ3v) is 4.68. The van der Waals surface area contributed by atoms with Gasteiger partial charge in [0.2, 0.25) is 0 Å². The molecule has 1 aromatic rings. The quantitative estimate of drug-likeness (QED) is 0.868. The van der Waals surface area contributed by atoms with Crippen LogP contribution in [0.3, 0.4) is 0 Å². The van der Waals surface area contributed by atoms with Gasteiger partial charge in [-0.3, -0.25) is 0 Å². The SMILES string of the molecule is Cc1nc(C(C)C)oc1CNS(=O)(=O)N1CCOCC1. The molecule has 0 aliphatic carbocycles. The Morgan fingerprint density at radius 1 is 1.35 bits per heavy atom. The molecular weight excluding hydrogens is 282 g/mol. The van der Waals surface area contributed by atoms with Gasteiger partial charge in [0.25, 0.3) is 10.2 Å². The van der Waals surface area contributed by atoms with Crippen LogP contribution in [0.4, 0.5) is 0 Å². The smallest absolute Gasteiger partial charge is 0.280 e. The first-order valence-electron chi connectivity index (χ1n) is 6.69. The van der Waals surface area contributed by atoms with Crippen molar-refractivity contribution in [2.45, 2.75) is 33.2 Å². The number of aryl methyl sites for hydroxylation is 1. The maximum atomic E-state index is 12.1. The molecule has 20 heavy (non-hydrogen) atoms. The molecule has 0 bridgehead atoms. The van der Waals surface area contributed by atoms with Crippen LogP contribution < -0.4 is 4.72 Å². The van der Waals surface area contributed by atoms with Gasteiger partial charge in [0.05, 0.1) is 25.5 Å². The minimum absolute atomic E-state index is 0.116. The summed E-state index contributed by atoms with van der Waals surface area (Å²) in [5.74, 6) is 1.37. The molecule has 0 unspecified atom stereocenters. The average molecular weight is 303 g/mol. The van der Waals surface area contributed by atoms with E-state index in [4.69, 9.17) is 9.15 Å². The summed E-state index contributed by atoms with van der Waals surface area (Å²) in [5, 5.41) is 0. The highest BCUT2D eigenvalue weighted by atomic mass is 32.2. The van der Waals surface area contributed by atoms with E-state index in [1.165, 1.54) is 4.31 Å². The highest BCUT2D eigenvalue weighted by Gasteiger charge is 2.24. The van der Waals surface area contributed by atoms with Crippen molar-refractivity contribution < 1.29 is 17.6 Å². The van der Waals surface area contributed by atoms with Crippen LogP contribution in [0.2, 0.25) is 0 Å². The number of hydrogen-bond donors (Lipinski definition) is 1. The van der Waals surface area contributed by atoms with Gasteiger partial charge in [0.15, 0.2) is 5.89 Å². The summed E-state index contributed by atoms with van der Waals surface area (Å²) in [6.45, 7) is 7.50. The van der Waals surface area contributed by atoms with Crippen LogP contribution in [-0.4, -0.2) is 44.0 Å². The predicted molar refractivity (Wildman–Crippen MR) is 73.5 cm³/mol. The Morgan fingerprint density at radius 2 is 2.00 bits per heavy atom. The zero-order chi connectivity index (χ0) is 14.8. The summed E-state index contributed by atoms with van der Waals surface area (Å²) in [5.41, 5.74) is 0.721. The van der Waals surface area contributed by atoms with Crippen LogP contribution in [0.5, 0.6) is 0 Å². The largest absolute Gasteiger partial charge is 0.444 e. The highest BCUT2D eigenvalue weighted by molar-refractivity contribution is 7.87. The zero-order valence-corrected chi connectivity index (χ0v) is 12.9. The molecular formula is C12H21N3O4S. The molecule has 1 saturated heterocycles. The van der Waals surface area contributed by atoms with Crippen LogP contribution in [-0.2, 0) is 21.5 Å². The van der Waals surface area contributed by atoms with Gasteiger partial charge in [-0.05, 0) is 6.92 Å². The standard InChI is InChI=1S/C12H21N3O4S/c1-9(2)12-14-10(3)11(19-12)8-13-20(16,17)15-4-6-18-7-5-15/h9,13H,4-8H2,1-3H3. The second-order valence-corrected chi connectivity index (χ2v) is 6.81. The fourth-order valence-electron chi connectivity index (χ4n) is 1.90. The number of rotatable bonds is 5. The molecule has 0 saturated carbocycles. The molecule has 1 fully saturated rings. The van der Waals surface area contributed by atoms with Crippen molar-refractivity contribution >= 4 is 10.2 Å². The van der Waals surface area contributed by atoms with E-state index < -0.39 is 10.2 Å². The molecule has 1 aliphatic rings. The molecule has 0 radical (unpaired) electrons. The van der Waals surface area contributed by atoms with Crippen LogP contribution >= 0.6 is 0 Å². The minimum atomic E-state index is -3.49. The predicted octanol–water partition coefficient (Wildman–Crippen LogP) is 0.773. The lowest BCUT2D eigenvalue weighted by Gasteiger charge is -2.25. The first kappa shape index (κ1) is 15.4. The maximum Gasteiger partial charge on any atom is 0.280 e. The van der Waals surface area contributed by atoms with E-state index in [2.05, 4.69) is 9.71 Å². The first-order chi connectivity index (χ1) is 9.40. The van der Waals surface area contributed by atoms with E-state index >= 15 is 0 Å². The number of nitrogens with one attached hydrogen (secondary N) is 1. The number of aromatic nitrogens is 1. The molecule has 2 heterocycles. The van der Waals surface area contributed by atoms with E-state index in [0.717, 1.165) is 5.69 Å². The molecule has 0 spiro atoms. The van der Waals surface area contributed by atoms with Gasteiger partial charge in [-0.25, -0.2) is 4.98 Å². The van der Waals surface area contributed by atoms with E-state index in [0.29, 0.717) is 38.0 Å². The number of ether oxygens (including phenoxy) is 1. The molecule has 1 N–H and O–H groups in total. The topological polar surface area (TPSA) is 84.7 Å². The van der Waals surface area contributed by atoms with Gasteiger partial charge >= 0.3 is 0 Å². The van der Waals surface area contributed by atoms with Crippen LogP contribution in [0.1, 0.15) is 37.1 Å². The third-order valence-electron chi connectivity index (χ3n) is 3.13. The van der Waals surface area contributed by atoms with Gasteiger partial charge in [-0.2, -0.15) is 17.4 Å². The lowest BCUT2D eigenvalue weighted by Crippen LogP contribution is -2.46. The second-order valence-electron chi connectivity index (χ2n) is 5.05. The molecule has 0 amide bonds. The Hall–Kier alpha value is -0.960. The van der Waals surface area contributed by atoms with E-state index in [9.17, 15) is 8.42 Å². The minimum Gasteiger partial charge on any atom is -0.444 e. The Kier molecular flexibility index (Phi) is 4.79. The first-order valence-corrected chi connectivity index (χ1v) is 8.13. The molecule has 114 valence electrons. The number of nitrogens with zero attached hydrogens (tertiary/aromatic N) is 2. The fraction of sp³-hybridized carbons (Fsp3) is 0.750. The molecule has 0 aromatic carbocycles. The lowest BCUT2D eigenvalue weighted by atomic mass is 10.2. The molecule has 0 atom stereocenters. The van der Waals surface area contributed by atoms with Crippen molar-refractivity contribution in [2.75, 3.05) is 26.3 Å². The molecule has 1 aliphatic heterocycles. The number of hydrogen-bond acceptors (Lipinski definition) is 5. The summed E-state index contributed by atoms with van der Waals surface area (Å²) in [4.78, 5) is 4.29. The summed E-state index contributed by atoms with van der Waals surface area (Å²) >= 11 is 0. The van der Waals surface area contributed by atoms with Gasteiger partial charge < -0.3 is 9.15 Å². The van der Waals surface area contributed by atoms with Gasteiger partial charge in [-0.15, -0.1) is 0 Å². The van der Waals surface area contributed by atoms with Crippen molar-refractivity contribution in [3.05, 3.63) is 17.3 Å². The van der Waals surface area contributed by atoms with Gasteiger partial charge in [0, 0.05) is 19.0 Å². The van der Waals surface area contributed by atoms with Crippen molar-refractivity contribution in [3.63, 3.8) is 0 Å². The van der Waals surface area contributed by atoms with Gasteiger partial charge in [-0.1, -0.05) is 13.8 Å². The monoisotopic (exact) mass is 303 g/mol. The Labute approximate surface area is 119 Å². The second kappa shape index (κ2) is 6.21. The summed E-state index contributed by atoms with van der Waals surface area (Å²) in [6, 6.07) is 0. The molecule has 7 nitrogen and oxygen atoms in total. The Bertz CT molecular complexity index is 547. The third kappa shape index (κ3) is 3.57. The van der Waals surface area contributed by atoms with Crippen molar-refractivity contribution in [1.82, 2.24) is 14.0 Å².